The third kappa shape index (κ3) is 5.32. The van der Waals surface area contributed by atoms with Gasteiger partial charge in [0.25, 0.3) is 0 Å². The van der Waals surface area contributed by atoms with Crippen molar-refractivity contribution in [2.45, 2.75) is 45.7 Å². The van der Waals surface area contributed by atoms with Crippen LogP contribution < -0.4 is 14.5 Å². The summed E-state index contributed by atoms with van der Waals surface area (Å²) >= 11 is 6.14. The first-order valence-corrected chi connectivity index (χ1v) is 13.8. The van der Waals surface area contributed by atoms with Crippen molar-refractivity contribution in [3.05, 3.63) is 77.0 Å². The number of amides is 1. The molecule has 2 aliphatic heterocycles. The molecule has 1 saturated heterocycles. The van der Waals surface area contributed by atoms with Gasteiger partial charge in [-0.2, -0.15) is 0 Å². The number of anilines is 2. The predicted octanol–water partition coefficient (Wildman–Crippen LogP) is 5.52. The second-order valence-corrected chi connectivity index (χ2v) is 12.0. The van der Waals surface area contributed by atoms with E-state index in [1.54, 1.807) is 17.0 Å². The summed E-state index contributed by atoms with van der Waals surface area (Å²) in [6.45, 7) is 9.92. The summed E-state index contributed by atoms with van der Waals surface area (Å²) in [5, 5.41) is 0.579. The van der Waals surface area contributed by atoms with Gasteiger partial charge < -0.3 is 9.80 Å². The van der Waals surface area contributed by atoms with Gasteiger partial charge in [0.2, 0.25) is 15.9 Å². The molecule has 2 aliphatic rings. The SMILES string of the molecule is C=C1C=C(C)c2ccc(N3C(=O)CC[C@H](NS(=O)(=O)CC(C)C)[C@H]3c3ccc(Cl)cc3)cc2N1C. The molecule has 1 amide bonds. The van der Waals surface area contributed by atoms with E-state index in [0.29, 0.717) is 11.4 Å². The molecule has 1 fully saturated rings. The molecule has 2 heterocycles. The number of rotatable bonds is 6. The van der Waals surface area contributed by atoms with Crippen LogP contribution in [0.3, 0.4) is 0 Å². The molecular formula is C27H32ClN3O3S. The first-order valence-electron chi connectivity index (χ1n) is 11.8. The maximum Gasteiger partial charge on any atom is 0.227 e. The van der Waals surface area contributed by atoms with Crippen molar-refractivity contribution in [2.75, 3.05) is 22.6 Å². The van der Waals surface area contributed by atoms with E-state index in [-0.39, 0.29) is 24.0 Å². The van der Waals surface area contributed by atoms with Gasteiger partial charge in [-0.05, 0) is 60.7 Å². The van der Waals surface area contributed by atoms with Gasteiger partial charge in [0, 0.05) is 41.5 Å². The lowest BCUT2D eigenvalue weighted by molar-refractivity contribution is -0.120. The number of piperidine rings is 1. The number of hydrogen-bond acceptors (Lipinski definition) is 4. The number of hydrogen-bond donors (Lipinski definition) is 1. The topological polar surface area (TPSA) is 69.7 Å². The number of benzene rings is 2. The first-order chi connectivity index (χ1) is 16.5. The number of allylic oxidation sites excluding steroid dienone is 2. The lowest BCUT2D eigenvalue weighted by Gasteiger charge is -2.42. The molecule has 8 heteroatoms. The van der Waals surface area contributed by atoms with Crippen molar-refractivity contribution in [1.29, 1.82) is 0 Å². The predicted molar refractivity (Wildman–Crippen MR) is 144 cm³/mol. The highest BCUT2D eigenvalue weighted by molar-refractivity contribution is 7.89. The lowest BCUT2D eigenvalue weighted by atomic mass is 9.89. The van der Waals surface area contributed by atoms with E-state index < -0.39 is 22.1 Å². The normalized spacial score (nSPS) is 20.8. The maximum absolute atomic E-state index is 13.4. The van der Waals surface area contributed by atoms with Crippen LogP contribution in [-0.2, 0) is 14.8 Å². The molecule has 0 aromatic heterocycles. The van der Waals surface area contributed by atoms with Gasteiger partial charge in [-0.15, -0.1) is 0 Å². The van der Waals surface area contributed by atoms with Gasteiger partial charge in [-0.1, -0.05) is 50.2 Å². The van der Waals surface area contributed by atoms with Crippen molar-refractivity contribution >= 4 is 44.5 Å². The summed E-state index contributed by atoms with van der Waals surface area (Å²) in [6.07, 6.45) is 2.70. The zero-order chi connectivity index (χ0) is 25.5. The van der Waals surface area contributed by atoms with Gasteiger partial charge in [-0.25, -0.2) is 13.1 Å². The summed E-state index contributed by atoms with van der Waals surface area (Å²) < 4.78 is 28.7. The minimum Gasteiger partial charge on any atom is -0.345 e. The molecule has 1 N–H and O–H groups in total. The Kier molecular flexibility index (Phi) is 7.13. The highest BCUT2D eigenvalue weighted by atomic mass is 35.5. The Hall–Kier alpha value is -2.61. The summed E-state index contributed by atoms with van der Waals surface area (Å²) in [7, 11) is -1.58. The van der Waals surface area contributed by atoms with Crippen LogP contribution in [0.15, 0.2) is 60.8 Å². The van der Waals surface area contributed by atoms with Crippen molar-refractivity contribution in [3.8, 4) is 0 Å². The Balaban J connectivity index is 1.81. The van der Waals surface area contributed by atoms with Crippen LogP contribution >= 0.6 is 11.6 Å². The zero-order valence-corrected chi connectivity index (χ0v) is 22.2. The average molecular weight is 514 g/mol. The van der Waals surface area contributed by atoms with Crippen LogP contribution in [0.25, 0.3) is 5.57 Å². The van der Waals surface area contributed by atoms with Gasteiger partial charge >= 0.3 is 0 Å². The number of sulfonamides is 1. The van der Waals surface area contributed by atoms with E-state index in [9.17, 15) is 13.2 Å². The van der Waals surface area contributed by atoms with Gasteiger partial charge in [0.05, 0.1) is 17.5 Å². The summed E-state index contributed by atoms with van der Waals surface area (Å²) in [4.78, 5) is 17.1. The maximum atomic E-state index is 13.4. The highest BCUT2D eigenvalue weighted by Gasteiger charge is 2.40. The number of fused-ring (bicyclic) bond motifs is 1. The average Bonchev–Trinajstić information content (AvgIpc) is 2.78. The molecule has 186 valence electrons. The summed E-state index contributed by atoms with van der Waals surface area (Å²) in [5.41, 5.74) is 5.55. The van der Waals surface area contributed by atoms with Crippen LogP contribution in [0.5, 0.6) is 0 Å². The molecule has 0 aliphatic carbocycles. The standard InChI is InChI=1S/C27H32ClN3O3S/c1-17(2)16-35(33,34)29-24-12-13-26(32)31(27(24)20-6-8-21(28)9-7-20)22-10-11-23-18(3)14-19(4)30(5)25(23)15-22/h6-11,14-15,17,24,27,29H,4,12-13,16H2,1-3,5H3/t24-,27+/m0/s1. The van der Waals surface area contributed by atoms with Gasteiger partial charge in [0.15, 0.2) is 0 Å². The molecule has 0 radical (unpaired) electrons. The molecule has 0 saturated carbocycles. The fourth-order valence-electron chi connectivity index (χ4n) is 4.94. The van der Waals surface area contributed by atoms with E-state index in [4.69, 9.17) is 11.6 Å². The van der Waals surface area contributed by atoms with E-state index in [0.717, 1.165) is 33.8 Å². The second-order valence-electron chi connectivity index (χ2n) is 9.78. The fourth-order valence-corrected chi connectivity index (χ4v) is 6.75. The number of carbonyl (C=O) groups is 1. The quantitative estimate of drug-likeness (QED) is 0.552. The van der Waals surface area contributed by atoms with E-state index in [1.807, 2.05) is 69.1 Å². The zero-order valence-electron chi connectivity index (χ0n) is 20.6. The van der Waals surface area contributed by atoms with Crippen molar-refractivity contribution in [1.82, 2.24) is 4.72 Å². The molecule has 2 aromatic carbocycles. The largest absolute Gasteiger partial charge is 0.345 e. The lowest BCUT2D eigenvalue weighted by Crippen LogP contribution is -2.53. The number of likely N-dealkylation sites (N-methyl/N-ethyl adjacent to an activating group) is 1. The van der Waals surface area contributed by atoms with E-state index in [2.05, 4.69) is 11.3 Å². The number of nitrogens with one attached hydrogen (secondary N) is 1. The van der Waals surface area contributed by atoms with Crippen LogP contribution in [0.1, 0.15) is 50.8 Å². The molecule has 2 aromatic rings. The van der Waals surface area contributed by atoms with Crippen LogP contribution in [0, 0.1) is 5.92 Å². The van der Waals surface area contributed by atoms with E-state index in [1.165, 1.54) is 0 Å². The van der Waals surface area contributed by atoms with E-state index >= 15 is 0 Å². The van der Waals surface area contributed by atoms with Gasteiger partial charge in [-0.3, -0.25) is 4.79 Å². The molecule has 0 bridgehead atoms. The van der Waals surface area contributed by atoms with Gasteiger partial charge in [0.1, 0.15) is 0 Å². The third-order valence-electron chi connectivity index (χ3n) is 6.55. The van der Waals surface area contributed by atoms with Crippen LogP contribution in [-0.4, -0.2) is 33.2 Å². The minimum absolute atomic E-state index is 0.0108. The number of carbonyl (C=O) groups excluding carboxylic acids is 1. The summed E-state index contributed by atoms with van der Waals surface area (Å²) in [5.74, 6) is -0.0283. The van der Waals surface area contributed by atoms with Crippen molar-refractivity contribution in [3.63, 3.8) is 0 Å². The molecule has 0 unspecified atom stereocenters. The second kappa shape index (κ2) is 9.80. The monoisotopic (exact) mass is 513 g/mol. The molecule has 35 heavy (non-hydrogen) atoms. The molecule has 6 nitrogen and oxygen atoms in total. The summed E-state index contributed by atoms with van der Waals surface area (Å²) in [6, 6.07) is 12.2. The van der Waals surface area contributed by atoms with Crippen LogP contribution in [0.2, 0.25) is 5.02 Å². The number of halogens is 1. The molecular weight excluding hydrogens is 482 g/mol. The van der Waals surface area contributed by atoms with Crippen molar-refractivity contribution in [2.24, 2.45) is 5.92 Å². The fraction of sp³-hybridized carbons (Fsp3) is 0.370. The molecule has 4 rings (SSSR count). The minimum atomic E-state index is -3.53. The first kappa shape index (κ1) is 25.5. The molecule has 0 spiro atoms. The van der Waals surface area contributed by atoms with Crippen LogP contribution in [0.4, 0.5) is 11.4 Å². The Morgan fingerprint density at radius 1 is 1.17 bits per heavy atom. The highest BCUT2D eigenvalue weighted by Crippen LogP contribution is 2.41. The Morgan fingerprint density at radius 2 is 1.86 bits per heavy atom. The third-order valence-corrected chi connectivity index (χ3v) is 8.57. The Morgan fingerprint density at radius 3 is 2.51 bits per heavy atom. The number of nitrogens with zero attached hydrogens (tertiary/aromatic N) is 2. The smallest absolute Gasteiger partial charge is 0.227 e. The van der Waals surface area contributed by atoms with Crippen molar-refractivity contribution < 1.29 is 13.2 Å². The molecule has 2 atom stereocenters. The Bertz CT molecular complexity index is 1290. The Labute approximate surface area is 213 Å².